The first-order chi connectivity index (χ1) is 8.08. The molecule has 17 heavy (non-hydrogen) atoms. The van der Waals surface area contributed by atoms with Crippen LogP contribution in [0, 0.1) is 13.8 Å². The zero-order chi connectivity index (χ0) is 12.4. The number of carboxylic acid groups (broad SMARTS) is 1. The van der Waals surface area contributed by atoms with Crippen LogP contribution in [0.2, 0.25) is 0 Å². The minimum absolute atomic E-state index is 0.0125. The molecule has 0 radical (unpaired) electrons. The molecule has 1 heterocycles. The van der Waals surface area contributed by atoms with E-state index in [9.17, 15) is 4.79 Å². The van der Waals surface area contributed by atoms with Gasteiger partial charge in [-0.1, -0.05) is 18.2 Å². The molecule has 1 aromatic carbocycles. The van der Waals surface area contributed by atoms with Gasteiger partial charge in [0, 0.05) is 10.9 Å². The largest absolute Gasteiger partial charge is 0.481 e. The van der Waals surface area contributed by atoms with Gasteiger partial charge in [-0.2, -0.15) is 0 Å². The van der Waals surface area contributed by atoms with Gasteiger partial charge in [0.25, 0.3) is 0 Å². The Hall–Kier alpha value is -1.68. The molecular weight excluding hydrogens is 234 g/mol. The van der Waals surface area contributed by atoms with Crippen LogP contribution in [0.25, 0.3) is 10.6 Å². The molecule has 4 heteroatoms. The van der Waals surface area contributed by atoms with E-state index in [-0.39, 0.29) is 6.42 Å². The number of carbonyl (C=O) groups is 1. The van der Waals surface area contributed by atoms with Crippen LogP contribution in [-0.2, 0) is 11.2 Å². The van der Waals surface area contributed by atoms with Crippen molar-refractivity contribution in [3.8, 4) is 10.6 Å². The highest BCUT2D eigenvalue weighted by Gasteiger charge is 2.10. The Bertz CT molecular complexity index is 560. The molecule has 0 atom stereocenters. The van der Waals surface area contributed by atoms with E-state index in [1.54, 1.807) is 0 Å². The highest BCUT2D eigenvalue weighted by molar-refractivity contribution is 7.13. The molecule has 0 aliphatic rings. The number of rotatable bonds is 3. The summed E-state index contributed by atoms with van der Waals surface area (Å²) in [6.45, 7) is 4.12. The van der Waals surface area contributed by atoms with Gasteiger partial charge < -0.3 is 5.11 Å². The summed E-state index contributed by atoms with van der Waals surface area (Å²) >= 11 is 1.49. The third kappa shape index (κ3) is 2.53. The first-order valence-electron chi connectivity index (χ1n) is 5.30. The predicted octanol–water partition coefficient (Wildman–Crippen LogP) is 3.05. The fourth-order valence-electron chi connectivity index (χ4n) is 1.65. The Balaban J connectivity index is 2.37. The molecule has 2 aromatic rings. The fourth-order valence-corrected chi connectivity index (χ4v) is 2.55. The van der Waals surface area contributed by atoms with E-state index in [4.69, 9.17) is 5.11 Å². The van der Waals surface area contributed by atoms with Crippen molar-refractivity contribution in [1.29, 1.82) is 0 Å². The number of aromatic nitrogens is 1. The van der Waals surface area contributed by atoms with Crippen LogP contribution in [0.3, 0.4) is 0 Å². The van der Waals surface area contributed by atoms with E-state index >= 15 is 0 Å². The molecular formula is C13H13NO2S. The van der Waals surface area contributed by atoms with Gasteiger partial charge in [0.1, 0.15) is 5.01 Å². The van der Waals surface area contributed by atoms with Crippen molar-refractivity contribution < 1.29 is 9.90 Å². The van der Waals surface area contributed by atoms with E-state index in [2.05, 4.69) is 24.9 Å². The summed E-state index contributed by atoms with van der Waals surface area (Å²) in [4.78, 5) is 15.0. The molecule has 0 aliphatic heterocycles. The van der Waals surface area contributed by atoms with Crippen molar-refractivity contribution in [1.82, 2.24) is 4.98 Å². The van der Waals surface area contributed by atoms with Crippen LogP contribution >= 0.6 is 11.3 Å². The number of aliphatic carboxylic acids is 1. The van der Waals surface area contributed by atoms with Crippen LogP contribution in [0.15, 0.2) is 23.6 Å². The lowest BCUT2D eigenvalue weighted by molar-refractivity contribution is -0.136. The van der Waals surface area contributed by atoms with Crippen molar-refractivity contribution in [3.63, 3.8) is 0 Å². The fraction of sp³-hybridized carbons (Fsp3) is 0.231. The Morgan fingerprint density at radius 1 is 1.41 bits per heavy atom. The van der Waals surface area contributed by atoms with Gasteiger partial charge in [0.05, 0.1) is 12.1 Å². The van der Waals surface area contributed by atoms with Crippen LogP contribution in [-0.4, -0.2) is 16.1 Å². The molecule has 0 spiro atoms. The number of hydrogen-bond donors (Lipinski definition) is 1. The summed E-state index contributed by atoms with van der Waals surface area (Å²) < 4.78 is 0. The van der Waals surface area contributed by atoms with Crippen molar-refractivity contribution in [2.24, 2.45) is 0 Å². The van der Waals surface area contributed by atoms with Gasteiger partial charge in [-0.15, -0.1) is 11.3 Å². The molecule has 1 aromatic heterocycles. The SMILES string of the molecule is Cc1cccc(-c2nc(CC(=O)O)cs2)c1C. The highest BCUT2D eigenvalue weighted by atomic mass is 32.1. The molecule has 2 rings (SSSR count). The minimum atomic E-state index is -0.845. The topological polar surface area (TPSA) is 50.2 Å². The molecule has 0 saturated carbocycles. The maximum atomic E-state index is 10.6. The van der Waals surface area contributed by atoms with E-state index in [1.165, 1.54) is 22.5 Å². The molecule has 0 bridgehead atoms. The quantitative estimate of drug-likeness (QED) is 0.906. The average molecular weight is 247 g/mol. The lowest BCUT2D eigenvalue weighted by Gasteiger charge is -2.04. The zero-order valence-corrected chi connectivity index (χ0v) is 10.5. The number of thiazole rings is 1. The third-order valence-electron chi connectivity index (χ3n) is 2.72. The van der Waals surface area contributed by atoms with Crippen molar-refractivity contribution in [2.75, 3.05) is 0 Å². The van der Waals surface area contributed by atoms with Gasteiger partial charge in [0.2, 0.25) is 0 Å². The summed E-state index contributed by atoms with van der Waals surface area (Å²) in [6, 6.07) is 6.08. The number of carboxylic acids is 1. The van der Waals surface area contributed by atoms with Gasteiger partial charge >= 0.3 is 5.97 Å². The van der Waals surface area contributed by atoms with Gasteiger partial charge in [-0.05, 0) is 25.0 Å². The third-order valence-corrected chi connectivity index (χ3v) is 3.64. The molecule has 3 nitrogen and oxygen atoms in total. The van der Waals surface area contributed by atoms with E-state index in [0.717, 1.165) is 10.6 Å². The summed E-state index contributed by atoms with van der Waals surface area (Å²) in [7, 11) is 0. The smallest absolute Gasteiger partial charge is 0.309 e. The predicted molar refractivity (Wildman–Crippen MR) is 68.4 cm³/mol. The van der Waals surface area contributed by atoms with Gasteiger partial charge in [-0.25, -0.2) is 4.98 Å². The first kappa shape index (κ1) is 11.8. The van der Waals surface area contributed by atoms with E-state index in [0.29, 0.717) is 5.69 Å². The molecule has 0 fully saturated rings. The molecule has 0 amide bonds. The maximum absolute atomic E-state index is 10.6. The van der Waals surface area contributed by atoms with E-state index < -0.39 is 5.97 Å². The van der Waals surface area contributed by atoms with Crippen LogP contribution < -0.4 is 0 Å². The average Bonchev–Trinajstić information content (AvgIpc) is 2.69. The number of benzene rings is 1. The van der Waals surface area contributed by atoms with Gasteiger partial charge in [-0.3, -0.25) is 4.79 Å². The van der Waals surface area contributed by atoms with Crippen molar-refractivity contribution in [2.45, 2.75) is 20.3 Å². The molecule has 88 valence electrons. The molecule has 0 saturated heterocycles. The summed E-state index contributed by atoms with van der Waals surface area (Å²) in [5, 5.41) is 11.4. The maximum Gasteiger partial charge on any atom is 0.309 e. The Morgan fingerprint density at radius 3 is 2.88 bits per heavy atom. The monoisotopic (exact) mass is 247 g/mol. The molecule has 1 N–H and O–H groups in total. The summed E-state index contributed by atoms with van der Waals surface area (Å²) in [6.07, 6.45) is -0.0125. The Labute approximate surface area is 104 Å². The number of aryl methyl sites for hydroxylation is 1. The van der Waals surface area contributed by atoms with Crippen molar-refractivity contribution in [3.05, 3.63) is 40.4 Å². The second kappa shape index (κ2) is 4.67. The summed E-state index contributed by atoms with van der Waals surface area (Å²) in [5.74, 6) is -0.845. The second-order valence-electron chi connectivity index (χ2n) is 3.96. The number of nitrogens with zero attached hydrogens (tertiary/aromatic N) is 1. The summed E-state index contributed by atoms with van der Waals surface area (Å²) in [5.41, 5.74) is 4.13. The minimum Gasteiger partial charge on any atom is -0.481 e. The second-order valence-corrected chi connectivity index (χ2v) is 4.82. The first-order valence-corrected chi connectivity index (χ1v) is 6.18. The highest BCUT2D eigenvalue weighted by Crippen LogP contribution is 2.28. The Morgan fingerprint density at radius 2 is 2.18 bits per heavy atom. The lowest BCUT2D eigenvalue weighted by Crippen LogP contribution is -2.00. The zero-order valence-electron chi connectivity index (χ0n) is 9.73. The molecule has 0 unspecified atom stereocenters. The van der Waals surface area contributed by atoms with Crippen LogP contribution in [0.4, 0.5) is 0 Å². The van der Waals surface area contributed by atoms with Crippen LogP contribution in [0.1, 0.15) is 16.8 Å². The van der Waals surface area contributed by atoms with Gasteiger partial charge in [0.15, 0.2) is 0 Å². The van der Waals surface area contributed by atoms with Crippen LogP contribution in [0.5, 0.6) is 0 Å². The Kier molecular flexibility index (Phi) is 3.24. The lowest BCUT2D eigenvalue weighted by atomic mass is 10.0. The molecule has 0 aliphatic carbocycles. The normalized spacial score (nSPS) is 10.5. The van der Waals surface area contributed by atoms with Crippen molar-refractivity contribution >= 4 is 17.3 Å². The standard InChI is InChI=1S/C13H13NO2S/c1-8-4-3-5-11(9(8)2)13-14-10(7-17-13)6-12(15)16/h3-5,7H,6H2,1-2H3,(H,15,16). The number of hydrogen-bond acceptors (Lipinski definition) is 3. The van der Waals surface area contributed by atoms with E-state index in [1.807, 2.05) is 17.5 Å².